The highest BCUT2D eigenvalue weighted by molar-refractivity contribution is 5.86. The van der Waals surface area contributed by atoms with Gasteiger partial charge in [-0.15, -0.1) is 0 Å². The number of carbonyl (C=O) groups is 4. The minimum atomic E-state index is -1.40. The van der Waals surface area contributed by atoms with Crippen LogP contribution in [0.25, 0.3) is 0 Å². The van der Waals surface area contributed by atoms with Crippen LogP contribution in [0.4, 0.5) is 4.79 Å². The number of amides is 2. The van der Waals surface area contributed by atoms with Crippen LogP contribution in [0.1, 0.15) is 53.4 Å². The van der Waals surface area contributed by atoms with E-state index in [1.165, 1.54) is 0 Å². The van der Waals surface area contributed by atoms with Crippen LogP contribution in [0.3, 0.4) is 0 Å². The third-order valence-corrected chi connectivity index (χ3v) is 3.02. The molecule has 2 amide bonds. The van der Waals surface area contributed by atoms with Gasteiger partial charge in [-0.2, -0.15) is 0 Å². The van der Waals surface area contributed by atoms with Crippen molar-refractivity contribution in [3.63, 3.8) is 0 Å². The van der Waals surface area contributed by atoms with Gasteiger partial charge >= 0.3 is 23.9 Å². The van der Waals surface area contributed by atoms with Gasteiger partial charge < -0.3 is 31.3 Å². The maximum Gasteiger partial charge on any atom is 0.326 e. The summed E-state index contributed by atoms with van der Waals surface area (Å²) in [7, 11) is 1.77. The topological polar surface area (TPSA) is 165 Å². The third-order valence-electron chi connectivity index (χ3n) is 3.02. The molecular formula is C16H33N3O7. The predicted octanol–water partition coefficient (Wildman–Crippen LogP) is 1.11. The first-order chi connectivity index (χ1) is 11.8. The van der Waals surface area contributed by atoms with Crippen molar-refractivity contribution in [2.45, 2.75) is 65.5 Å². The maximum absolute atomic E-state index is 11.7. The van der Waals surface area contributed by atoms with E-state index in [1.54, 1.807) is 7.05 Å². The summed E-state index contributed by atoms with van der Waals surface area (Å²) in [6.07, 6.45) is 0.790. The molecule has 2 atom stereocenters. The van der Waals surface area contributed by atoms with Gasteiger partial charge in [0, 0.05) is 6.42 Å². The summed E-state index contributed by atoms with van der Waals surface area (Å²) in [4.78, 5) is 44.2. The standard InChI is InChI=1S/C13H23N3O7.C2H6.CH4/c1-14-7-3-2-4-8(11(19)20)15-13(23)16-9(12(21)22)5-6-10(17)18;1-2;/h8-9,14H,2-7H2,1H3,(H,17,18)(H,19,20)(H,21,22)(H2,15,16,23);1-2H3;1H4/t8-,9?;;/m0../s1. The number of carboxylic acid groups (broad SMARTS) is 3. The van der Waals surface area contributed by atoms with E-state index in [0.717, 1.165) is 13.0 Å². The first-order valence-corrected chi connectivity index (χ1v) is 8.17. The van der Waals surface area contributed by atoms with Crippen LogP contribution in [-0.2, 0) is 14.4 Å². The van der Waals surface area contributed by atoms with Gasteiger partial charge in [0.25, 0.3) is 0 Å². The third kappa shape index (κ3) is 15.2. The van der Waals surface area contributed by atoms with E-state index >= 15 is 0 Å². The Bertz CT molecular complexity index is 430. The molecule has 0 rings (SSSR count). The van der Waals surface area contributed by atoms with E-state index in [9.17, 15) is 19.2 Å². The molecule has 0 aromatic heterocycles. The molecule has 0 radical (unpaired) electrons. The Hall–Kier alpha value is -2.36. The van der Waals surface area contributed by atoms with E-state index < -0.39 is 42.4 Å². The summed E-state index contributed by atoms with van der Waals surface area (Å²) >= 11 is 0. The van der Waals surface area contributed by atoms with E-state index in [0.29, 0.717) is 6.42 Å². The second kappa shape index (κ2) is 17.5. The zero-order valence-corrected chi connectivity index (χ0v) is 14.9. The van der Waals surface area contributed by atoms with Crippen molar-refractivity contribution in [1.29, 1.82) is 0 Å². The monoisotopic (exact) mass is 379 g/mol. The summed E-state index contributed by atoms with van der Waals surface area (Å²) < 4.78 is 0. The van der Waals surface area contributed by atoms with Crippen LogP contribution in [0.5, 0.6) is 0 Å². The molecule has 0 bridgehead atoms. The number of unbranched alkanes of at least 4 members (excludes halogenated alkanes) is 1. The normalized spacial score (nSPS) is 11.7. The van der Waals surface area contributed by atoms with Crippen molar-refractivity contribution < 1.29 is 34.5 Å². The van der Waals surface area contributed by atoms with Crippen molar-refractivity contribution >= 4 is 23.9 Å². The van der Waals surface area contributed by atoms with Gasteiger partial charge in [0.15, 0.2) is 0 Å². The predicted molar refractivity (Wildman–Crippen MR) is 97.2 cm³/mol. The minimum absolute atomic E-state index is 0. The summed E-state index contributed by atoms with van der Waals surface area (Å²) in [6.45, 7) is 4.72. The lowest BCUT2D eigenvalue weighted by atomic mass is 10.1. The number of carbonyl (C=O) groups excluding carboxylic acids is 1. The molecule has 0 heterocycles. The van der Waals surface area contributed by atoms with Crippen LogP contribution in [0, 0.1) is 0 Å². The van der Waals surface area contributed by atoms with Gasteiger partial charge in [-0.3, -0.25) is 4.79 Å². The molecule has 10 heteroatoms. The average molecular weight is 379 g/mol. The van der Waals surface area contributed by atoms with E-state index in [-0.39, 0.29) is 20.3 Å². The fourth-order valence-corrected chi connectivity index (χ4v) is 1.79. The van der Waals surface area contributed by atoms with E-state index in [2.05, 4.69) is 16.0 Å². The fraction of sp³-hybridized carbons (Fsp3) is 0.750. The molecule has 0 aromatic carbocycles. The van der Waals surface area contributed by atoms with Gasteiger partial charge in [-0.25, -0.2) is 14.4 Å². The highest BCUT2D eigenvalue weighted by Gasteiger charge is 2.24. The second-order valence-electron chi connectivity index (χ2n) is 4.93. The first-order valence-electron chi connectivity index (χ1n) is 8.17. The summed E-state index contributed by atoms with van der Waals surface area (Å²) in [5.74, 6) is -3.80. The fourth-order valence-electron chi connectivity index (χ4n) is 1.79. The van der Waals surface area contributed by atoms with Crippen molar-refractivity contribution in [2.24, 2.45) is 0 Å². The molecule has 0 fully saturated rings. The Balaban J connectivity index is -0.00000170. The smallest absolute Gasteiger partial charge is 0.326 e. The number of hydrogen-bond donors (Lipinski definition) is 6. The zero-order chi connectivity index (χ0) is 19.8. The number of carboxylic acids is 3. The Labute approximate surface area is 154 Å². The largest absolute Gasteiger partial charge is 0.481 e. The molecule has 10 nitrogen and oxygen atoms in total. The molecule has 0 saturated carbocycles. The Morgan fingerprint density at radius 2 is 1.31 bits per heavy atom. The molecule has 6 N–H and O–H groups in total. The number of rotatable bonds is 12. The van der Waals surface area contributed by atoms with Crippen LogP contribution in [-0.4, -0.2) is 64.9 Å². The van der Waals surface area contributed by atoms with Crippen LogP contribution in [0.15, 0.2) is 0 Å². The zero-order valence-electron chi connectivity index (χ0n) is 14.9. The molecule has 26 heavy (non-hydrogen) atoms. The van der Waals surface area contributed by atoms with Gasteiger partial charge in [0.05, 0.1) is 0 Å². The average Bonchev–Trinajstić information content (AvgIpc) is 2.55. The van der Waals surface area contributed by atoms with Crippen molar-refractivity contribution in [3.8, 4) is 0 Å². The molecule has 0 aliphatic heterocycles. The lowest BCUT2D eigenvalue weighted by Gasteiger charge is -2.18. The molecule has 0 aromatic rings. The molecular weight excluding hydrogens is 346 g/mol. The molecule has 1 unspecified atom stereocenters. The number of hydrogen-bond acceptors (Lipinski definition) is 5. The van der Waals surface area contributed by atoms with Crippen molar-refractivity contribution in [2.75, 3.05) is 13.6 Å². The SMILES string of the molecule is C.CC.CNCCCC[C@H](NC(=O)NC(CCC(=O)O)C(=O)O)C(=O)O. The van der Waals surface area contributed by atoms with Crippen molar-refractivity contribution in [1.82, 2.24) is 16.0 Å². The highest BCUT2D eigenvalue weighted by atomic mass is 16.4. The Kier molecular flexibility index (Phi) is 19.1. The van der Waals surface area contributed by atoms with E-state index in [1.807, 2.05) is 13.8 Å². The minimum Gasteiger partial charge on any atom is -0.481 e. The van der Waals surface area contributed by atoms with Crippen molar-refractivity contribution in [3.05, 3.63) is 0 Å². The number of urea groups is 1. The van der Waals surface area contributed by atoms with Crippen LogP contribution in [0.2, 0.25) is 0 Å². The van der Waals surface area contributed by atoms with Gasteiger partial charge in [-0.1, -0.05) is 21.3 Å². The number of aliphatic carboxylic acids is 3. The summed E-state index contributed by atoms with van der Waals surface area (Å²) in [5, 5.41) is 33.7. The van der Waals surface area contributed by atoms with E-state index in [4.69, 9.17) is 15.3 Å². The lowest BCUT2D eigenvalue weighted by Crippen LogP contribution is -2.51. The second-order valence-corrected chi connectivity index (χ2v) is 4.93. The molecule has 0 aliphatic rings. The lowest BCUT2D eigenvalue weighted by molar-refractivity contribution is -0.140. The quantitative estimate of drug-likeness (QED) is 0.274. The molecule has 0 aliphatic carbocycles. The van der Waals surface area contributed by atoms with Gasteiger partial charge in [0.1, 0.15) is 12.1 Å². The van der Waals surface area contributed by atoms with Crippen LogP contribution >= 0.6 is 0 Å². The van der Waals surface area contributed by atoms with Gasteiger partial charge in [-0.05, 0) is 39.3 Å². The molecule has 0 saturated heterocycles. The Morgan fingerprint density at radius 1 is 0.846 bits per heavy atom. The van der Waals surface area contributed by atoms with Crippen LogP contribution < -0.4 is 16.0 Å². The summed E-state index contributed by atoms with van der Waals surface area (Å²) in [6, 6.07) is -3.49. The molecule has 0 spiro atoms. The van der Waals surface area contributed by atoms with Gasteiger partial charge in [0.2, 0.25) is 0 Å². The molecule has 154 valence electrons. The Morgan fingerprint density at radius 3 is 1.69 bits per heavy atom. The summed E-state index contributed by atoms with van der Waals surface area (Å²) in [5.41, 5.74) is 0. The maximum atomic E-state index is 11.7. The first kappa shape index (κ1) is 28.4. The highest BCUT2D eigenvalue weighted by Crippen LogP contribution is 2.02. The number of nitrogens with one attached hydrogen (secondary N) is 3.